The van der Waals surface area contributed by atoms with Crippen molar-refractivity contribution in [2.45, 2.75) is 19.8 Å². The van der Waals surface area contributed by atoms with Gasteiger partial charge in [0.25, 0.3) is 0 Å². The summed E-state index contributed by atoms with van der Waals surface area (Å²) in [6, 6.07) is 7.06. The van der Waals surface area contributed by atoms with Crippen LogP contribution in [0.15, 0.2) is 24.5 Å². The molecule has 1 heterocycles. The largest absolute Gasteiger partial charge is 0.339 e. The molecule has 102 valence electrons. The van der Waals surface area contributed by atoms with Crippen molar-refractivity contribution in [3.8, 4) is 6.07 Å². The zero-order valence-corrected chi connectivity index (χ0v) is 12.5. The van der Waals surface area contributed by atoms with E-state index in [1.165, 1.54) is 6.33 Å². The van der Waals surface area contributed by atoms with E-state index in [1.807, 2.05) is 19.9 Å². The van der Waals surface area contributed by atoms with Crippen LogP contribution in [0.4, 0.5) is 11.5 Å². The Morgan fingerprint density at radius 2 is 2.00 bits per heavy atom. The van der Waals surface area contributed by atoms with Gasteiger partial charge in [-0.25, -0.2) is 9.97 Å². The second-order valence-corrected chi connectivity index (χ2v) is 5.28. The van der Waals surface area contributed by atoms with Crippen molar-refractivity contribution in [3.63, 3.8) is 0 Å². The summed E-state index contributed by atoms with van der Waals surface area (Å²) in [5.74, 6) is 0.787. The van der Waals surface area contributed by atoms with E-state index >= 15 is 0 Å². The van der Waals surface area contributed by atoms with Gasteiger partial charge in [-0.1, -0.05) is 37.0 Å². The fourth-order valence-corrected chi connectivity index (χ4v) is 2.38. The van der Waals surface area contributed by atoms with E-state index in [0.29, 0.717) is 27.2 Å². The van der Waals surface area contributed by atoms with Gasteiger partial charge in [0, 0.05) is 5.56 Å². The minimum atomic E-state index is 0.170. The minimum absolute atomic E-state index is 0.170. The normalized spacial score (nSPS) is 10.4. The first-order valence-corrected chi connectivity index (χ1v) is 6.75. The number of nitrogens with one attached hydrogen (secondary N) is 1. The third-order valence-corrected chi connectivity index (χ3v) is 3.38. The number of nitriles is 1. The SMILES string of the molecule is CC(C)c1c(Cl)ncnc1Nc1ccc(C#N)cc1Cl. The minimum Gasteiger partial charge on any atom is -0.339 e. The highest BCUT2D eigenvalue weighted by atomic mass is 35.5. The molecule has 0 spiro atoms. The van der Waals surface area contributed by atoms with E-state index in [1.54, 1.807) is 18.2 Å². The quantitative estimate of drug-likeness (QED) is 0.847. The summed E-state index contributed by atoms with van der Waals surface area (Å²) in [5.41, 5.74) is 2.00. The van der Waals surface area contributed by atoms with Crippen LogP contribution in [0.1, 0.15) is 30.9 Å². The molecule has 4 nitrogen and oxygen atoms in total. The summed E-state index contributed by atoms with van der Waals surface area (Å²) in [5, 5.41) is 12.8. The number of hydrogen-bond donors (Lipinski definition) is 1. The number of hydrogen-bond acceptors (Lipinski definition) is 4. The molecule has 2 rings (SSSR count). The molecule has 0 fully saturated rings. The first-order chi connectivity index (χ1) is 9.52. The van der Waals surface area contributed by atoms with Crippen molar-refractivity contribution < 1.29 is 0 Å². The van der Waals surface area contributed by atoms with Gasteiger partial charge in [-0.3, -0.25) is 0 Å². The van der Waals surface area contributed by atoms with Crippen molar-refractivity contribution in [3.05, 3.63) is 45.8 Å². The third kappa shape index (κ3) is 3.01. The summed E-state index contributed by atoms with van der Waals surface area (Å²) in [6.07, 6.45) is 1.40. The fraction of sp³-hybridized carbons (Fsp3) is 0.214. The Morgan fingerprint density at radius 1 is 1.25 bits per heavy atom. The van der Waals surface area contributed by atoms with Crippen LogP contribution in [0.2, 0.25) is 10.2 Å². The first-order valence-electron chi connectivity index (χ1n) is 6.00. The van der Waals surface area contributed by atoms with Crippen LogP contribution in [0.5, 0.6) is 0 Å². The molecule has 0 amide bonds. The van der Waals surface area contributed by atoms with Gasteiger partial charge >= 0.3 is 0 Å². The Hall–Kier alpha value is -1.83. The number of halogens is 2. The lowest BCUT2D eigenvalue weighted by Crippen LogP contribution is -2.03. The van der Waals surface area contributed by atoms with Gasteiger partial charge in [0.2, 0.25) is 0 Å². The monoisotopic (exact) mass is 306 g/mol. The predicted octanol–water partition coefficient (Wildman–Crippen LogP) is 4.52. The Bertz CT molecular complexity index is 677. The molecule has 0 atom stereocenters. The summed E-state index contributed by atoms with van der Waals surface area (Å²) < 4.78 is 0. The first kappa shape index (κ1) is 14.6. The molecule has 0 saturated carbocycles. The maximum Gasteiger partial charge on any atom is 0.138 e. The zero-order valence-electron chi connectivity index (χ0n) is 11.0. The molecule has 20 heavy (non-hydrogen) atoms. The molecule has 0 bridgehead atoms. The van der Waals surface area contributed by atoms with Crippen LogP contribution in [-0.4, -0.2) is 9.97 Å². The molecule has 0 radical (unpaired) electrons. The standard InChI is InChI=1S/C14H12Cl2N4/c1-8(2)12-13(16)18-7-19-14(12)20-11-4-3-9(6-17)5-10(11)15/h3-5,7-8H,1-2H3,(H,18,19,20). The van der Waals surface area contributed by atoms with Crippen LogP contribution in [0.3, 0.4) is 0 Å². The molecule has 1 aromatic carbocycles. The van der Waals surface area contributed by atoms with E-state index < -0.39 is 0 Å². The van der Waals surface area contributed by atoms with Crippen molar-refractivity contribution in [1.29, 1.82) is 5.26 Å². The second kappa shape index (κ2) is 6.08. The van der Waals surface area contributed by atoms with Crippen LogP contribution < -0.4 is 5.32 Å². The van der Waals surface area contributed by atoms with Gasteiger partial charge in [0.1, 0.15) is 17.3 Å². The lowest BCUT2D eigenvalue weighted by Gasteiger charge is -2.15. The van der Waals surface area contributed by atoms with Crippen LogP contribution >= 0.6 is 23.2 Å². The van der Waals surface area contributed by atoms with Gasteiger partial charge in [-0.05, 0) is 24.1 Å². The van der Waals surface area contributed by atoms with Gasteiger partial charge in [-0.15, -0.1) is 0 Å². The number of anilines is 2. The van der Waals surface area contributed by atoms with Crippen molar-refractivity contribution in [2.24, 2.45) is 0 Å². The number of nitrogens with zero attached hydrogens (tertiary/aromatic N) is 3. The Balaban J connectivity index is 2.41. The van der Waals surface area contributed by atoms with Gasteiger partial charge in [-0.2, -0.15) is 5.26 Å². The molecule has 0 aliphatic rings. The van der Waals surface area contributed by atoms with E-state index in [0.717, 1.165) is 5.56 Å². The average Bonchev–Trinajstić information content (AvgIpc) is 2.40. The highest BCUT2D eigenvalue weighted by Crippen LogP contribution is 2.32. The number of aromatic nitrogens is 2. The van der Waals surface area contributed by atoms with Crippen molar-refractivity contribution >= 4 is 34.7 Å². The van der Waals surface area contributed by atoms with E-state index in [9.17, 15) is 0 Å². The maximum absolute atomic E-state index is 8.83. The van der Waals surface area contributed by atoms with E-state index in [-0.39, 0.29) is 5.92 Å². The molecular formula is C14H12Cl2N4. The summed E-state index contributed by atoms with van der Waals surface area (Å²) >= 11 is 12.3. The van der Waals surface area contributed by atoms with Gasteiger partial charge in [0.15, 0.2) is 0 Å². The second-order valence-electron chi connectivity index (χ2n) is 4.51. The zero-order chi connectivity index (χ0) is 14.7. The average molecular weight is 307 g/mol. The molecule has 0 aliphatic carbocycles. The molecule has 6 heteroatoms. The third-order valence-electron chi connectivity index (χ3n) is 2.76. The van der Waals surface area contributed by atoms with Gasteiger partial charge in [0.05, 0.1) is 22.3 Å². The predicted molar refractivity (Wildman–Crippen MR) is 80.6 cm³/mol. The lowest BCUT2D eigenvalue weighted by atomic mass is 10.1. The van der Waals surface area contributed by atoms with E-state index in [4.69, 9.17) is 28.5 Å². The highest BCUT2D eigenvalue weighted by molar-refractivity contribution is 6.33. The molecule has 2 aromatic rings. The molecule has 1 aromatic heterocycles. The molecule has 1 N–H and O–H groups in total. The molecule has 0 aliphatic heterocycles. The topological polar surface area (TPSA) is 61.6 Å². The maximum atomic E-state index is 8.83. The number of benzene rings is 1. The van der Waals surface area contributed by atoms with Crippen LogP contribution in [0.25, 0.3) is 0 Å². The van der Waals surface area contributed by atoms with Crippen molar-refractivity contribution in [2.75, 3.05) is 5.32 Å². The summed E-state index contributed by atoms with van der Waals surface area (Å²) in [7, 11) is 0. The Morgan fingerprint density at radius 3 is 2.60 bits per heavy atom. The highest BCUT2D eigenvalue weighted by Gasteiger charge is 2.14. The van der Waals surface area contributed by atoms with Crippen LogP contribution in [-0.2, 0) is 0 Å². The fourth-order valence-electron chi connectivity index (χ4n) is 1.80. The molecular weight excluding hydrogens is 295 g/mol. The molecule has 0 saturated heterocycles. The summed E-state index contributed by atoms with van der Waals surface area (Å²) in [4.78, 5) is 8.20. The van der Waals surface area contributed by atoms with Crippen LogP contribution in [0, 0.1) is 11.3 Å². The Kier molecular flexibility index (Phi) is 4.43. The lowest BCUT2D eigenvalue weighted by molar-refractivity contribution is 0.850. The van der Waals surface area contributed by atoms with Gasteiger partial charge < -0.3 is 5.32 Å². The van der Waals surface area contributed by atoms with E-state index in [2.05, 4.69) is 15.3 Å². The smallest absolute Gasteiger partial charge is 0.138 e. The number of rotatable bonds is 3. The molecule has 0 unspecified atom stereocenters. The van der Waals surface area contributed by atoms with Crippen molar-refractivity contribution in [1.82, 2.24) is 9.97 Å². The Labute approximate surface area is 127 Å². The summed E-state index contributed by atoms with van der Waals surface area (Å²) in [6.45, 7) is 4.02.